The van der Waals surface area contributed by atoms with E-state index in [0.29, 0.717) is 19.4 Å². The Morgan fingerprint density at radius 1 is 1.43 bits per heavy atom. The van der Waals surface area contributed by atoms with Crippen molar-refractivity contribution >= 4 is 27.3 Å². The second-order valence-electron chi connectivity index (χ2n) is 4.85. The Kier molecular flexibility index (Phi) is 4.82. The van der Waals surface area contributed by atoms with Crippen LogP contribution >= 0.6 is 11.6 Å². The molecule has 0 spiro atoms. The molecule has 0 amide bonds. The molecule has 0 aromatic heterocycles. The van der Waals surface area contributed by atoms with Gasteiger partial charge in [-0.05, 0) is 18.9 Å². The van der Waals surface area contributed by atoms with E-state index in [-0.39, 0.29) is 17.6 Å². The smallest absolute Gasteiger partial charge is 0.290 e. The summed E-state index contributed by atoms with van der Waals surface area (Å²) in [5, 5.41) is 10.9. The van der Waals surface area contributed by atoms with Gasteiger partial charge in [0.2, 0.25) is 0 Å². The van der Waals surface area contributed by atoms with Gasteiger partial charge >= 0.3 is 0 Å². The van der Waals surface area contributed by atoms with Gasteiger partial charge in [-0.25, -0.2) is 8.42 Å². The van der Waals surface area contributed by atoms with E-state index in [9.17, 15) is 18.5 Å². The molecule has 2 rings (SSSR count). The summed E-state index contributed by atoms with van der Waals surface area (Å²) < 4.78 is 26.8. The SMILES string of the molecule is NCC1CCCCN1S(=O)(=O)c1c(Cl)cccc1[N+](=O)[O-]. The molecule has 1 aromatic carbocycles. The number of benzene rings is 1. The van der Waals surface area contributed by atoms with Crippen molar-refractivity contribution in [3.8, 4) is 0 Å². The minimum atomic E-state index is -4.05. The van der Waals surface area contributed by atoms with Crippen LogP contribution in [0, 0.1) is 10.1 Å². The summed E-state index contributed by atoms with van der Waals surface area (Å²) in [6, 6.07) is 3.48. The molecule has 1 fully saturated rings. The lowest BCUT2D eigenvalue weighted by Crippen LogP contribution is -2.47. The van der Waals surface area contributed by atoms with Gasteiger partial charge in [0.15, 0.2) is 4.90 Å². The van der Waals surface area contributed by atoms with Gasteiger partial charge in [0.1, 0.15) is 0 Å². The van der Waals surface area contributed by atoms with E-state index < -0.39 is 25.5 Å². The number of sulfonamides is 1. The van der Waals surface area contributed by atoms with E-state index in [4.69, 9.17) is 17.3 Å². The number of nitrogens with two attached hydrogens (primary N) is 1. The first-order chi connectivity index (χ1) is 9.89. The predicted octanol–water partition coefficient (Wildman–Crippen LogP) is 1.75. The molecule has 7 nitrogen and oxygen atoms in total. The lowest BCUT2D eigenvalue weighted by atomic mass is 10.1. The van der Waals surface area contributed by atoms with Crippen LogP contribution in [0.25, 0.3) is 0 Å². The Bertz CT molecular complexity index is 650. The molecule has 0 saturated carbocycles. The largest absolute Gasteiger partial charge is 0.329 e. The third-order valence-electron chi connectivity index (χ3n) is 3.55. The van der Waals surface area contributed by atoms with Crippen molar-refractivity contribution in [2.24, 2.45) is 5.73 Å². The maximum atomic E-state index is 12.8. The highest BCUT2D eigenvalue weighted by Crippen LogP contribution is 2.35. The highest BCUT2D eigenvalue weighted by atomic mass is 35.5. The van der Waals surface area contributed by atoms with Gasteiger partial charge in [-0.15, -0.1) is 0 Å². The second-order valence-corrected chi connectivity index (χ2v) is 7.08. The van der Waals surface area contributed by atoms with E-state index in [2.05, 4.69) is 0 Å². The van der Waals surface area contributed by atoms with Crippen molar-refractivity contribution < 1.29 is 13.3 Å². The van der Waals surface area contributed by atoms with Crippen LogP contribution in [-0.4, -0.2) is 36.8 Å². The normalized spacial score (nSPS) is 20.4. The molecular weight excluding hydrogens is 318 g/mol. The van der Waals surface area contributed by atoms with Gasteiger partial charge in [-0.2, -0.15) is 4.31 Å². The van der Waals surface area contributed by atoms with Crippen molar-refractivity contribution in [1.82, 2.24) is 4.31 Å². The molecule has 1 heterocycles. The first-order valence-electron chi connectivity index (χ1n) is 6.54. The fraction of sp³-hybridized carbons (Fsp3) is 0.500. The number of hydrogen-bond acceptors (Lipinski definition) is 5. The fourth-order valence-electron chi connectivity index (χ4n) is 2.54. The van der Waals surface area contributed by atoms with Crippen LogP contribution in [0.15, 0.2) is 23.1 Å². The van der Waals surface area contributed by atoms with Crippen LogP contribution in [0.4, 0.5) is 5.69 Å². The summed E-state index contributed by atoms with van der Waals surface area (Å²) in [4.78, 5) is 9.91. The second kappa shape index (κ2) is 6.27. The van der Waals surface area contributed by atoms with E-state index in [0.717, 1.165) is 12.5 Å². The monoisotopic (exact) mass is 333 g/mol. The van der Waals surface area contributed by atoms with Crippen LogP contribution in [0.2, 0.25) is 5.02 Å². The van der Waals surface area contributed by atoms with Crippen LogP contribution in [0.3, 0.4) is 0 Å². The lowest BCUT2D eigenvalue weighted by Gasteiger charge is -2.33. The molecule has 0 aliphatic carbocycles. The minimum absolute atomic E-state index is 0.148. The molecule has 116 valence electrons. The Hall–Kier alpha value is -1.22. The van der Waals surface area contributed by atoms with Gasteiger partial charge < -0.3 is 5.73 Å². The average Bonchev–Trinajstić information content (AvgIpc) is 2.46. The zero-order chi connectivity index (χ0) is 15.6. The molecule has 1 aromatic rings. The van der Waals surface area contributed by atoms with Gasteiger partial charge in [-0.1, -0.05) is 24.1 Å². The van der Waals surface area contributed by atoms with Crippen LogP contribution < -0.4 is 5.73 Å². The maximum Gasteiger partial charge on any atom is 0.290 e. The topological polar surface area (TPSA) is 107 Å². The lowest BCUT2D eigenvalue weighted by molar-refractivity contribution is -0.387. The van der Waals surface area contributed by atoms with Crippen molar-refractivity contribution in [3.63, 3.8) is 0 Å². The summed E-state index contributed by atoms with van der Waals surface area (Å²) in [7, 11) is -4.05. The van der Waals surface area contributed by atoms with Gasteiger partial charge in [0.05, 0.1) is 9.95 Å². The first-order valence-corrected chi connectivity index (χ1v) is 8.36. The minimum Gasteiger partial charge on any atom is -0.329 e. The molecular formula is C12H16ClN3O4S. The van der Waals surface area contributed by atoms with Gasteiger partial charge in [0, 0.05) is 25.2 Å². The number of hydrogen-bond donors (Lipinski definition) is 1. The van der Waals surface area contributed by atoms with Crippen molar-refractivity contribution in [2.75, 3.05) is 13.1 Å². The number of halogens is 1. The predicted molar refractivity (Wildman–Crippen MR) is 78.7 cm³/mol. The zero-order valence-corrected chi connectivity index (χ0v) is 12.8. The van der Waals surface area contributed by atoms with Crippen molar-refractivity contribution in [2.45, 2.75) is 30.2 Å². The zero-order valence-electron chi connectivity index (χ0n) is 11.2. The Morgan fingerprint density at radius 2 is 2.14 bits per heavy atom. The third-order valence-corrected chi connectivity index (χ3v) is 6.02. The van der Waals surface area contributed by atoms with Crippen molar-refractivity contribution in [1.29, 1.82) is 0 Å². The molecule has 1 aliphatic heterocycles. The molecule has 1 unspecified atom stereocenters. The fourth-order valence-corrected chi connectivity index (χ4v) is 4.91. The third kappa shape index (κ3) is 3.03. The van der Waals surface area contributed by atoms with Crippen LogP contribution in [-0.2, 0) is 10.0 Å². The number of piperidine rings is 1. The molecule has 0 radical (unpaired) electrons. The Labute approximate surface area is 127 Å². The highest BCUT2D eigenvalue weighted by molar-refractivity contribution is 7.89. The molecule has 1 saturated heterocycles. The molecule has 1 atom stereocenters. The number of nitro benzene ring substituents is 1. The molecule has 0 bridgehead atoms. The molecule has 21 heavy (non-hydrogen) atoms. The van der Waals surface area contributed by atoms with E-state index >= 15 is 0 Å². The number of nitrogens with zero attached hydrogens (tertiary/aromatic N) is 2. The summed E-state index contributed by atoms with van der Waals surface area (Å²) >= 11 is 5.93. The Balaban J connectivity index is 2.56. The molecule has 2 N–H and O–H groups in total. The first kappa shape index (κ1) is 16.2. The van der Waals surface area contributed by atoms with E-state index in [1.54, 1.807) is 0 Å². The average molecular weight is 334 g/mol. The number of nitro groups is 1. The number of rotatable bonds is 4. The molecule has 9 heteroatoms. The standard InChI is InChI=1S/C12H16ClN3O4S/c13-10-5-3-6-11(16(17)18)12(10)21(19,20)15-7-2-1-4-9(15)8-14/h3,5-6,9H,1-2,4,7-8,14H2. The van der Waals surface area contributed by atoms with E-state index in [1.165, 1.54) is 16.4 Å². The summed E-state index contributed by atoms with van der Waals surface area (Å²) in [6.07, 6.45) is 2.24. The van der Waals surface area contributed by atoms with Crippen LogP contribution in [0.5, 0.6) is 0 Å². The summed E-state index contributed by atoms with van der Waals surface area (Å²) in [5.74, 6) is 0. The maximum absolute atomic E-state index is 12.8. The highest BCUT2D eigenvalue weighted by Gasteiger charge is 2.38. The van der Waals surface area contributed by atoms with Gasteiger partial charge in [0.25, 0.3) is 15.7 Å². The van der Waals surface area contributed by atoms with Crippen LogP contribution in [0.1, 0.15) is 19.3 Å². The quantitative estimate of drug-likeness (QED) is 0.667. The molecule has 1 aliphatic rings. The van der Waals surface area contributed by atoms with E-state index in [1.807, 2.05) is 0 Å². The Morgan fingerprint density at radius 3 is 2.76 bits per heavy atom. The summed E-state index contributed by atoms with van der Waals surface area (Å²) in [6.45, 7) is 0.476. The van der Waals surface area contributed by atoms with Crippen molar-refractivity contribution in [3.05, 3.63) is 33.3 Å². The van der Waals surface area contributed by atoms with Gasteiger partial charge in [-0.3, -0.25) is 10.1 Å². The summed E-state index contributed by atoms with van der Waals surface area (Å²) in [5.41, 5.74) is 5.12.